The van der Waals surface area contributed by atoms with Crippen LogP contribution in [0.15, 0.2) is 67.0 Å². The average molecular weight is 451 g/mol. The Morgan fingerprint density at radius 3 is 2.50 bits per heavy atom. The van der Waals surface area contributed by atoms with Crippen molar-refractivity contribution in [3.63, 3.8) is 0 Å². The lowest BCUT2D eigenvalue weighted by Crippen LogP contribution is -2.14. The van der Waals surface area contributed by atoms with Crippen LogP contribution in [0.5, 0.6) is 0 Å². The quantitative estimate of drug-likeness (QED) is 0.403. The van der Waals surface area contributed by atoms with Crippen LogP contribution in [0.1, 0.15) is 38.4 Å². The molecule has 34 heavy (non-hydrogen) atoms. The molecule has 0 atom stereocenters. The summed E-state index contributed by atoms with van der Waals surface area (Å²) < 4.78 is 3.64. The van der Waals surface area contributed by atoms with Gasteiger partial charge in [0.1, 0.15) is 5.56 Å². The fraction of sp³-hybridized carbons (Fsp3) is 0.185. The van der Waals surface area contributed by atoms with Crippen LogP contribution < -0.4 is 5.32 Å². The van der Waals surface area contributed by atoms with Crippen LogP contribution in [-0.2, 0) is 6.54 Å². The van der Waals surface area contributed by atoms with E-state index in [4.69, 9.17) is 0 Å². The molecule has 0 spiro atoms. The molecular formula is C27H26N6O. The van der Waals surface area contributed by atoms with E-state index in [-0.39, 0.29) is 5.91 Å². The fourth-order valence-electron chi connectivity index (χ4n) is 4.16. The van der Waals surface area contributed by atoms with Crippen molar-refractivity contribution in [1.29, 1.82) is 0 Å². The summed E-state index contributed by atoms with van der Waals surface area (Å²) in [4.78, 5) is 17.7. The number of nitrogens with zero attached hydrogens (tertiary/aromatic N) is 5. The van der Waals surface area contributed by atoms with Crippen LogP contribution in [0.3, 0.4) is 0 Å². The molecule has 5 rings (SSSR count). The zero-order valence-electron chi connectivity index (χ0n) is 19.7. The number of aromatic nitrogens is 5. The molecule has 0 bridgehead atoms. The molecule has 170 valence electrons. The highest BCUT2D eigenvalue weighted by Gasteiger charge is 2.20. The Hall–Kier alpha value is -4.26. The molecule has 0 radical (unpaired) electrons. The van der Waals surface area contributed by atoms with Gasteiger partial charge in [0, 0.05) is 11.8 Å². The van der Waals surface area contributed by atoms with Crippen molar-refractivity contribution in [3.05, 3.63) is 101 Å². The van der Waals surface area contributed by atoms with Gasteiger partial charge >= 0.3 is 0 Å². The summed E-state index contributed by atoms with van der Waals surface area (Å²) in [6.45, 7) is 8.66. The molecule has 0 aliphatic carbocycles. The zero-order chi connectivity index (χ0) is 23.8. The number of benzene rings is 2. The number of aryl methyl sites for hydroxylation is 3. The van der Waals surface area contributed by atoms with E-state index in [0.29, 0.717) is 23.4 Å². The second-order valence-corrected chi connectivity index (χ2v) is 8.57. The lowest BCUT2D eigenvalue weighted by molar-refractivity contribution is 0.102. The third-order valence-electron chi connectivity index (χ3n) is 6.19. The molecule has 0 unspecified atom stereocenters. The molecule has 0 saturated heterocycles. The standard InChI is InChI=1S/C27H26N6O/c1-17-9-11-21(12-10-17)24-13-14-28-26-23(15-29-33(24)26)27(34)30-25-19(3)31-32(20(25)4)16-22-8-6-5-7-18(22)2/h5-15H,16H2,1-4H3,(H,30,34). The van der Waals surface area contributed by atoms with Crippen molar-refractivity contribution in [2.75, 3.05) is 5.32 Å². The van der Waals surface area contributed by atoms with E-state index in [1.54, 1.807) is 16.9 Å². The number of anilines is 1. The first kappa shape index (κ1) is 21.6. The maximum absolute atomic E-state index is 13.3. The van der Waals surface area contributed by atoms with Gasteiger partial charge in [0.15, 0.2) is 5.65 Å². The molecular weight excluding hydrogens is 424 g/mol. The molecule has 1 amide bonds. The highest BCUT2D eigenvalue weighted by Crippen LogP contribution is 2.24. The summed E-state index contributed by atoms with van der Waals surface area (Å²) in [5.74, 6) is -0.259. The van der Waals surface area contributed by atoms with Crippen molar-refractivity contribution in [2.45, 2.75) is 34.2 Å². The summed E-state index contributed by atoms with van der Waals surface area (Å²) in [6, 6.07) is 18.3. The highest BCUT2D eigenvalue weighted by atomic mass is 16.1. The normalized spacial score (nSPS) is 11.2. The largest absolute Gasteiger partial charge is 0.319 e. The minimum Gasteiger partial charge on any atom is -0.319 e. The summed E-state index contributed by atoms with van der Waals surface area (Å²) in [6.07, 6.45) is 3.28. The molecule has 0 saturated carbocycles. The maximum Gasteiger partial charge on any atom is 0.261 e. The van der Waals surface area contributed by atoms with Crippen molar-refractivity contribution < 1.29 is 4.79 Å². The Labute approximate surface area is 198 Å². The number of hydrogen-bond acceptors (Lipinski definition) is 4. The number of amides is 1. The van der Waals surface area contributed by atoms with Crippen LogP contribution in [0.2, 0.25) is 0 Å². The van der Waals surface area contributed by atoms with Gasteiger partial charge in [0.2, 0.25) is 0 Å². The molecule has 2 aromatic carbocycles. The summed E-state index contributed by atoms with van der Waals surface area (Å²) >= 11 is 0. The third-order valence-corrected chi connectivity index (χ3v) is 6.19. The van der Waals surface area contributed by atoms with E-state index in [0.717, 1.165) is 22.6 Å². The Morgan fingerprint density at radius 2 is 1.74 bits per heavy atom. The van der Waals surface area contributed by atoms with Gasteiger partial charge < -0.3 is 5.32 Å². The number of rotatable bonds is 5. The molecule has 1 N–H and O–H groups in total. The van der Waals surface area contributed by atoms with Crippen LogP contribution in [0, 0.1) is 27.7 Å². The van der Waals surface area contributed by atoms with Gasteiger partial charge in [-0.3, -0.25) is 9.48 Å². The van der Waals surface area contributed by atoms with E-state index < -0.39 is 0 Å². The average Bonchev–Trinajstić information content (AvgIpc) is 3.38. The summed E-state index contributed by atoms with van der Waals surface area (Å²) in [5.41, 5.74) is 8.79. The van der Waals surface area contributed by atoms with Gasteiger partial charge in [-0.2, -0.15) is 10.2 Å². The van der Waals surface area contributed by atoms with E-state index in [2.05, 4.69) is 58.6 Å². The van der Waals surface area contributed by atoms with Gasteiger partial charge in [-0.05, 0) is 44.9 Å². The molecule has 3 aromatic heterocycles. The molecule has 7 nitrogen and oxygen atoms in total. The minimum atomic E-state index is -0.259. The van der Waals surface area contributed by atoms with Crippen LogP contribution in [0.4, 0.5) is 5.69 Å². The van der Waals surface area contributed by atoms with E-state index in [9.17, 15) is 4.79 Å². The lowest BCUT2D eigenvalue weighted by atomic mass is 10.1. The van der Waals surface area contributed by atoms with Gasteiger partial charge in [-0.1, -0.05) is 54.1 Å². The summed E-state index contributed by atoms with van der Waals surface area (Å²) in [5, 5.41) is 12.2. The molecule has 0 aliphatic rings. The SMILES string of the molecule is Cc1ccc(-c2ccnc3c(C(=O)Nc4c(C)nn(Cc5ccccc5C)c4C)cnn23)cc1. The first-order valence-corrected chi connectivity index (χ1v) is 11.2. The number of nitrogens with one attached hydrogen (secondary N) is 1. The number of carbonyl (C=O) groups is 1. The molecule has 5 aromatic rings. The van der Waals surface area contributed by atoms with Gasteiger partial charge in [0.25, 0.3) is 5.91 Å². The van der Waals surface area contributed by atoms with Crippen molar-refractivity contribution >= 4 is 17.2 Å². The van der Waals surface area contributed by atoms with Crippen molar-refractivity contribution in [1.82, 2.24) is 24.4 Å². The molecule has 3 heterocycles. The second-order valence-electron chi connectivity index (χ2n) is 8.57. The Balaban J connectivity index is 1.45. The maximum atomic E-state index is 13.3. The van der Waals surface area contributed by atoms with E-state index >= 15 is 0 Å². The number of fused-ring (bicyclic) bond motifs is 1. The zero-order valence-corrected chi connectivity index (χ0v) is 19.7. The molecule has 0 aliphatic heterocycles. The Bertz CT molecular complexity index is 1510. The number of hydrogen-bond donors (Lipinski definition) is 1. The van der Waals surface area contributed by atoms with Gasteiger partial charge in [0.05, 0.1) is 35.5 Å². The lowest BCUT2D eigenvalue weighted by Gasteiger charge is -2.09. The second kappa shape index (κ2) is 8.59. The van der Waals surface area contributed by atoms with Crippen LogP contribution in [0.25, 0.3) is 16.9 Å². The minimum absolute atomic E-state index is 0.259. The third kappa shape index (κ3) is 3.85. The predicted octanol–water partition coefficient (Wildman–Crippen LogP) is 5.13. The Morgan fingerprint density at radius 1 is 0.971 bits per heavy atom. The topological polar surface area (TPSA) is 77.1 Å². The molecule has 0 fully saturated rings. The van der Waals surface area contributed by atoms with Gasteiger partial charge in [-0.15, -0.1) is 0 Å². The van der Waals surface area contributed by atoms with Crippen LogP contribution in [-0.4, -0.2) is 30.3 Å². The predicted molar refractivity (Wildman–Crippen MR) is 133 cm³/mol. The van der Waals surface area contributed by atoms with Crippen molar-refractivity contribution in [2.24, 2.45) is 0 Å². The number of carbonyl (C=O) groups excluding carboxylic acids is 1. The van der Waals surface area contributed by atoms with E-state index in [1.165, 1.54) is 16.7 Å². The van der Waals surface area contributed by atoms with E-state index in [1.807, 2.05) is 48.9 Å². The fourth-order valence-corrected chi connectivity index (χ4v) is 4.16. The van der Waals surface area contributed by atoms with Crippen molar-refractivity contribution in [3.8, 4) is 11.3 Å². The Kier molecular flexibility index (Phi) is 5.45. The molecule has 7 heteroatoms. The van der Waals surface area contributed by atoms with Crippen LogP contribution >= 0.6 is 0 Å². The summed E-state index contributed by atoms with van der Waals surface area (Å²) in [7, 11) is 0. The van der Waals surface area contributed by atoms with Gasteiger partial charge in [-0.25, -0.2) is 9.50 Å². The monoisotopic (exact) mass is 450 g/mol. The highest BCUT2D eigenvalue weighted by molar-refractivity contribution is 6.08. The first-order valence-electron chi connectivity index (χ1n) is 11.2. The smallest absolute Gasteiger partial charge is 0.261 e. The first-order chi connectivity index (χ1) is 16.4.